The van der Waals surface area contributed by atoms with Crippen molar-refractivity contribution in [1.82, 2.24) is 24.0 Å². The lowest BCUT2D eigenvalue weighted by atomic mass is 10.0. The molecule has 0 spiro atoms. The minimum Gasteiger partial charge on any atom is -0.454 e. The first-order chi connectivity index (χ1) is 12.6. The first-order valence-electron chi connectivity index (χ1n) is 9.00. The van der Waals surface area contributed by atoms with Crippen molar-refractivity contribution < 1.29 is 9.21 Å². The third-order valence-electron chi connectivity index (χ3n) is 4.81. The Morgan fingerprint density at radius 3 is 2.92 bits per heavy atom. The van der Waals surface area contributed by atoms with E-state index in [9.17, 15) is 4.79 Å². The molecule has 7 heteroatoms. The van der Waals surface area contributed by atoms with Crippen molar-refractivity contribution in [2.45, 2.75) is 39.4 Å². The highest BCUT2D eigenvalue weighted by atomic mass is 16.4. The molecule has 0 bridgehead atoms. The Morgan fingerprint density at radius 2 is 2.15 bits per heavy atom. The van der Waals surface area contributed by atoms with E-state index in [2.05, 4.69) is 28.4 Å². The van der Waals surface area contributed by atoms with E-state index in [4.69, 9.17) is 4.42 Å². The van der Waals surface area contributed by atoms with E-state index >= 15 is 0 Å². The maximum Gasteiger partial charge on any atom is 0.290 e. The molecule has 0 aromatic carbocycles. The van der Waals surface area contributed by atoms with E-state index in [0.717, 1.165) is 24.6 Å². The second kappa shape index (κ2) is 6.82. The van der Waals surface area contributed by atoms with Gasteiger partial charge in [-0.25, -0.2) is 9.97 Å². The van der Waals surface area contributed by atoms with E-state index in [-0.39, 0.29) is 17.9 Å². The van der Waals surface area contributed by atoms with Crippen LogP contribution >= 0.6 is 0 Å². The fourth-order valence-corrected chi connectivity index (χ4v) is 3.63. The van der Waals surface area contributed by atoms with Crippen LogP contribution in [0.5, 0.6) is 0 Å². The molecule has 0 aliphatic carbocycles. The molecular weight excluding hydrogens is 330 g/mol. The maximum absolute atomic E-state index is 13.2. The summed E-state index contributed by atoms with van der Waals surface area (Å²) in [5, 5.41) is 0. The van der Waals surface area contributed by atoms with Gasteiger partial charge in [0.25, 0.3) is 5.91 Å². The number of nitrogens with zero attached hydrogens (tertiary/aromatic N) is 5. The largest absolute Gasteiger partial charge is 0.454 e. The van der Waals surface area contributed by atoms with Crippen LogP contribution in [0, 0.1) is 5.92 Å². The average Bonchev–Trinajstić information content (AvgIpc) is 3.35. The summed E-state index contributed by atoms with van der Waals surface area (Å²) in [5.74, 6) is 2.26. The van der Waals surface area contributed by atoms with E-state index < -0.39 is 0 Å². The standard InChI is InChI=1S/C19H23N5O2/c1-14(2)17-18-21-7-11-23(18)8-3-9-24(17)19(25)16-5-4-15(26-16)12-22-10-6-20-13-22/h4-7,10-11,13-14,17H,3,8-9,12H2,1-2H3. The molecule has 1 amide bonds. The molecule has 0 saturated carbocycles. The minimum atomic E-state index is -0.0722. The molecule has 3 aromatic rings. The summed E-state index contributed by atoms with van der Waals surface area (Å²) in [6.45, 7) is 6.39. The number of carbonyl (C=O) groups is 1. The number of hydrogen-bond donors (Lipinski definition) is 0. The zero-order valence-electron chi connectivity index (χ0n) is 15.1. The smallest absolute Gasteiger partial charge is 0.290 e. The van der Waals surface area contributed by atoms with E-state index in [1.54, 1.807) is 18.6 Å². The van der Waals surface area contributed by atoms with Gasteiger partial charge in [-0.05, 0) is 24.5 Å². The van der Waals surface area contributed by atoms with Crippen molar-refractivity contribution in [3.8, 4) is 0 Å². The van der Waals surface area contributed by atoms with Crippen LogP contribution in [0.4, 0.5) is 0 Å². The third kappa shape index (κ3) is 3.05. The first kappa shape index (κ1) is 16.6. The van der Waals surface area contributed by atoms with Crippen LogP contribution in [0.1, 0.15) is 48.4 Å². The zero-order chi connectivity index (χ0) is 18.1. The second-order valence-corrected chi connectivity index (χ2v) is 7.02. The molecule has 4 rings (SSSR count). The Kier molecular flexibility index (Phi) is 4.36. The van der Waals surface area contributed by atoms with E-state index in [0.29, 0.717) is 18.8 Å². The van der Waals surface area contributed by atoms with Crippen LogP contribution in [0.15, 0.2) is 47.7 Å². The number of hydrogen-bond acceptors (Lipinski definition) is 4. The van der Waals surface area contributed by atoms with Crippen molar-refractivity contribution in [2.24, 2.45) is 5.92 Å². The SMILES string of the molecule is CC(C)C1c2nccn2CCCN1C(=O)c1ccc(Cn2ccnc2)o1. The predicted molar refractivity (Wildman–Crippen MR) is 95.5 cm³/mol. The van der Waals surface area contributed by atoms with Crippen molar-refractivity contribution in [1.29, 1.82) is 0 Å². The second-order valence-electron chi connectivity index (χ2n) is 7.02. The van der Waals surface area contributed by atoms with Gasteiger partial charge in [0.05, 0.1) is 18.9 Å². The van der Waals surface area contributed by atoms with Gasteiger partial charge in [0.1, 0.15) is 11.6 Å². The molecule has 1 aliphatic heterocycles. The molecule has 1 unspecified atom stereocenters. The minimum absolute atomic E-state index is 0.0535. The molecule has 1 aliphatic rings. The number of imidazole rings is 2. The van der Waals surface area contributed by atoms with Crippen molar-refractivity contribution in [3.05, 3.63) is 60.6 Å². The Hall–Kier alpha value is -2.83. The van der Waals surface area contributed by atoms with Gasteiger partial charge in [-0.15, -0.1) is 0 Å². The molecule has 3 aromatic heterocycles. The molecule has 1 atom stereocenters. The summed E-state index contributed by atoms with van der Waals surface area (Å²) in [6.07, 6.45) is 10.0. The molecule has 0 fully saturated rings. The number of aromatic nitrogens is 4. The molecule has 4 heterocycles. The summed E-state index contributed by atoms with van der Waals surface area (Å²) in [7, 11) is 0. The molecule has 0 N–H and O–H groups in total. The number of amides is 1. The van der Waals surface area contributed by atoms with Crippen LogP contribution in [-0.2, 0) is 13.1 Å². The quantitative estimate of drug-likeness (QED) is 0.723. The van der Waals surface area contributed by atoms with Gasteiger partial charge < -0.3 is 18.5 Å². The highest BCUT2D eigenvalue weighted by Gasteiger charge is 2.34. The molecule has 0 saturated heterocycles. The molecular formula is C19H23N5O2. The fourth-order valence-electron chi connectivity index (χ4n) is 3.63. The van der Waals surface area contributed by atoms with Crippen molar-refractivity contribution >= 4 is 5.91 Å². The van der Waals surface area contributed by atoms with Crippen LogP contribution in [0.25, 0.3) is 0 Å². The van der Waals surface area contributed by atoms with Crippen LogP contribution in [-0.4, -0.2) is 36.5 Å². The van der Waals surface area contributed by atoms with Gasteiger partial charge in [0.15, 0.2) is 5.76 Å². The Bertz CT molecular complexity index is 878. The van der Waals surface area contributed by atoms with E-state index in [1.165, 1.54) is 0 Å². The number of fused-ring (bicyclic) bond motifs is 1. The summed E-state index contributed by atoms with van der Waals surface area (Å²) >= 11 is 0. The van der Waals surface area contributed by atoms with Crippen molar-refractivity contribution in [3.63, 3.8) is 0 Å². The molecule has 26 heavy (non-hydrogen) atoms. The Labute approximate surface area is 152 Å². The summed E-state index contributed by atoms with van der Waals surface area (Å²) in [4.78, 5) is 23.7. The summed E-state index contributed by atoms with van der Waals surface area (Å²) < 4.78 is 9.91. The lowest BCUT2D eigenvalue weighted by molar-refractivity contribution is 0.0587. The van der Waals surface area contributed by atoms with Gasteiger partial charge in [0, 0.05) is 37.9 Å². The fraction of sp³-hybridized carbons (Fsp3) is 0.421. The Balaban J connectivity index is 1.59. The monoisotopic (exact) mass is 353 g/mol. The van der Waals surface area contributed by atoms with Gasteiger partial charge in [-0.1, -0.05) is 13.8 Å². The zero-order valence-corrected chi connectivity index (χ0v) is 15.1. The molecule has 7 nitrogen and oxygen atoms in total. The lowest BCUT2D eigenvalue weighted by Gasteiger charge is -2.31. The van der Waals surface area contributed by atoms with Gasteiger partial charge in [-0.3, -0.25) is 4.79 Å². The number of carbonyl (C=O) groups excluding carboxylic acids is 1. The van der Waals surface area contributed by atoms with Gasteiger partial charge in [-0.2, -0.15) is 0 Å². The van der Waals surface area contributed by atoms with Crippen molar-refractivity contribution in [2.75, 3.05) is 6.54 Å². The van der Waals surface area contributed by atoms with E-state index in [1.807, 2.05) is 34.1 Å². The number of aryl methyl sites for hydroxylation is 1. The van der Waals surface area contributed by atoms with Gasteiger partial charge in [0.2, 0.25) is 0 Å². The Morgan fingerprint density at radius 1 is 1.27 bits per heavy atom. The molecule has 136 valence electrons. The maximum atomic E-state index is 13.2. The average molecular weight is 353 g/mol. The third-order valence-corrected chi connectivity index (χ3v) is 4.81. The molecule has 0 radical (unpaired) electrons. The summed E-state index contributed by atoms with van der Waals surface area (Å²) in [6, 6.07) is 3.57. The summed E-state index contributed by atoms with van der Waals surface area (Å²) in [5.41, 5.74) is 0. The van der Waals surface area contributed by atoms with Gasteiger partial charge >= 0.3 is 0 Å². The highest BCUT2D eigenvalue weighted by Crippen LogP contribution is 2.31. The normalized spacial score (nSPS) is 17.3. The highest BCUT2D eigenvalue weighted by molar-refractivity contribution is 5.91. The lowest BCUT2D eigenvalue weighted by Crippen LogP contribution is -2.37. The topological polar surface area (TPSA) is 69.1 Å². The van der Waals surface area contributed by atoms with Crippen LogP contribution in [0.3, 0.4) is 0 Å². The number of furan rings is 1. The number of rotatable bonds is 4. The van der Waals surface area contributed by atoms with Crippen LogP contribution < -0.4 is 0 Å². The van der Waals surface area contributed by atoms with Crippen LogP contribution in [0.2, 0.25) is 0 Å². The predicted octanol–water partition coefficient (Wildman–Crippen LogP) is 2.96. The first-order valence-corrected chi connectivity index (χ1v) is 9.00.